The molecule has 5 aliphatic rings. The number of aliphatic hydroxyl groups is 3. The van der Waals surface area contributed by atoms with Gasteiger partial charge in [0.25, 0.3) is 0 Å². The third-order valence-corrected chi connectivity index (χ3v) is 15.0. The van der Waals surface area contributed by atoms with E-state index >= 15 is 0 Å². The third-order valence-electron chi connectivity index (χ3n) is 13.7. The zero-order valence-electron chi connectivity index (χ0n) is 29.6. The fourth-order valence-electron chi connectivity index (χ4n) is 11.0. The van der Waals surface area contributed by atoms with Crippen LogP contribution in [0.1, 0.15) is 138 Å². The summed E-state index contributed by atoms with van der Waals surface area (Å²) in [5.74, 6) is 6.24. The van der Waals surface area contributed by atoms with E-state index in [0.717, 1.165) is 80.0 Å². The largest absolute Gasteiger partial charge is 0.388 e. The molecule has 45 heavy (non-hydrogen) atoms. The molecule has 3 N–H and O–H groups in total. The molecule has 0 spiro atoms. The van der Waals surface area contributed by atoms with Crippen LogP contribution in [0.15, 0.2) is 11.6 Å². The van der Waals surface area contributed by atoms with Crippen molar-refractivity contribution in [2.24, 2.45) is 46.3 Å². The van der Waals surface area contributed by atoms with Crippen LogP contribution in [0, 0.1) is 46.3 Å². The summed E-state index contributed by atoms with van der Waals surface area (Å²) in [5, 5.41) is 30.1. The zero-order chi connectivity index (χ0) is 32.4. The van der Waals surface area contributed by atoms with Crippen molar-refractivity contribution in [3.63, 3.8) is 0 Å². The van der Waals surface area contributed by atoms with Crippen LogP contribution in [-0.4, -0.2) is 63.6 Å². The Bertz CT molecular complexity index is 971. The second kappa shape index (κ2) is 15.6. The van der Waals surface area contributed by atoms with Gasteiger partial charge in [-0.1, -0.05) is 78.4 Å². The summed E-state index contributed by atoms with van der Waals surface area (Å²) in [4.78, 5) is 0. The van der Waals surface area contributed by atoms with Gasteiger partial charge in [-0.25, -0.2) is 0 Å². The molecule has 13 atom stereocenters. The number of rotatable bonds is 14. The first-order valence-electron chi connectivity index (χ1n) is 19.1. The van der Waals surface area contributed by atoms with Gasteiger partial charge in [0.1, 0.15) is 23.7 Å². The maximum atomic E-state index is 10.2. The van der Waals surface area contributed by atoms with Crippen molar-refractivity contribution in [2.75, 3.05) is 12.4 Å². The molecule has 260 valence electrons. The Morgan fingerprint density at radius 1 is 0.889 bits per heavy atom. The second-order valence-corrected chi connectivity index (χ2v) is 18.2. The van der Waals surface area contributed by atoms with Crippen molar-refractivity contribution in [3.8, 4) is 0 Å². The molecule has 0 radical (unpaired) electrons. The van der Waals surface area contributed by atoms with Gasteiger partial charge in [0, 0.05) is 6.61 Å². The van der Waals surface area contributed by atoms with E-state index in [0.29, 0.717) is 16.9 Å². The van der Waals surface area contributed by atoms with E-state index in [1.54, 1.807) is 24.3 Å². The van der Waals surface area contributed by atoms with E-state index in [1.807, 2.05) is 0 Å². The quantitative estimate of drug-likeness (QED) is 0.129. The van der Waals surface area contributed by atoms with Crippen LogP contribution in [-0.2, 0) is 9.47 Å². The molecular formula is C39H68O5S. The molecule has 6 heteroatoms. The van der Waals surface area contributed by atoms with Crippen LogP contribution >= 0.6 is 11.8 Å². The molecule has 5 nitrogen and oxygen atoms in total. The van der Waals surface area contributed by atoms with Crippen LogP contribution in [0.2, 0.25) is 0 Å². The van der Waals surface area contributed by atoms with Crippen LogP contribution in [0.4, 0.5) is 0 Å². The molecule has 1 heterocycles. The lowest BCUT2D eigenvalue weighted by molar-refractivity contribution is -0.192. The molecule has 0 bridgehead atoms. The van der Waals surface area contributed by atoms with Gasteiger partial charge in [0.05, 0.1) is 12.2 Å². The fourth-order valence-corrected chi connectivity index (χ4v) is 12.2. The predicted octanol–water partition coefficient (Wildman–Crippen LogP) is 8.53. The molecule has 5 rings (SSSR count). The molecule has 4 aliphatic carbocycles. The maximum absolute atomic E-state index is 10.2. The average Bonchev–Trinajstić information content (AvgIpc) is 3.37. The van der Waals surface area contributed by atoms with Gasteiger partial charge >= 0.3 is 0 Å². The molecule has 1 aliphatic heterocycles. The molecule has 3 saturated carbocycles. The van der Waals surface area contributed by atoms with Gasteiger partial charge < -0.3 is 24.8 Å². The number of allylic oxidation sites excluding steroid dienone is 1. The van der Waals surface area contributed by atoms with Crippen molar-refractivity contribution < 1.29 is 24.8 Å². The van der Waals surface area contributed by atoms with Crippen molar-refractivity contribution in [1.29, 1.82) is 0 Å². The maximum Gasteiger partial charge on any atom is 0.132 e. The smallest absolute Gasteiger partial charge is 0.132 e. The van der Waals surface area contributed by atoms with E-state index in [1.165, 1.54) is 64.2 Å². The van der Waals surface area contributed by atoms with Gasteiger partial charge in [-0.3, -0.25) is 0 Å². The van der Waals surface area contributed by atoms with Gasteiger partial charge in [0.2, 0.25) is 0 Å². The lowest BCUT2D eigenvalue weighted by atomic mass is 9.47. The monoisotopic (exact) mass is 648 g/mol. The Morgan fingerprint density at radius 2 is 1.67 bits per heavy atom. The SMILES string of the molecule is CC(C)CCC[C@@H](C)[C@H]1CCC2C3CC=C4C[C@@H](OCCCCCCS[C@@H]5O[C@H](C)[C@H](O)[C@H](O)[C@H]5O)CC[C@]4(C)C3CC[C@@]21C. The fraction of sp³-hybridized carbons (Fsp3) is 0.949. The molecule has 0 aromatic rings. The number of thioether (sulfide) groups is 1. The molecular weight excluding hydrogens is 580 g/mol. The van der Waals surface area contributed by atoms with E-state index in [-0.39, 0.29) is 0 Å². The van der Waals surface area contributed by atoms with Crippen molar-refractivity contribution in [2.45, 2.75) is 174 Å². The molecule has 0 aromatic carbocycles. The van der Waals surface area contributed by atoms with Gasteiger partial charge in [0.15, 0.2) is 0 Å². The molecule has 4 fully saturated rings. The van der Waals surface area contributed by atoms with Crippen LogP contribution in [0.25, 0.3) is 0 Å². The standard InChI is InChI=1S/C39H68O5S/c1-25(2)12-11-13-26(3)31-16-17-32-30-15-14-28-24-29(18-20-38(28,5)33(30)19-21-39(31,32)6)43-22-9-7-8-10-23-45-37-36(42)35(41)34(40)27(4)44-37/h14,25-27,29-37,40-42H,7-13,15-24H2,1-6H3/t26-,27-,29+,30?,31-,32?,33?,34+,35+,36-,37+,38+,39-/m1/s1. The van der Waals surface area contributed by atoms with Crippen molar-refractivity contribution >= 4 is 11.8 Å². The first-order chi connectivity index (χ1) is 21.5. The van der Waals surface area contributed by atoms with E-state index in [2.05, 4.69) is 40.7 Å². The van der Waals surface area contributed by atoms with Crippen molar-refractivity contribution in [1.82, 2.24) is 0 Å². The van der Waals surface area contributed by atoms with Gasteiger partial charge in [-0.05, 0) is 123 Å². The number of ether oxygens (including phenoxy) is 2. The Morgan fingerprint density at radius 3 is 2.44 bits per heavy atom. The Balaban J connectivity index is 1.02. The minimum absolute atomic E-state index is 0.390. The number of fused-ring (bicyclic) bond motifs is 5. The number of hydrogen-bond donors (Lipinski definition) is 3. The number of aliphatic hydroxyl groups excluding tert-OH is 3. The summed E-state index contributed by atoms with van der Waals surface area (Å²) in [6.45, 7) is 15.3. The highest BCUT2D eigenvalue weighted by Crippen LogP contribution is 2.67. The summed E-state index contributed by atoms with van der Waals surface area (Å²) in [6.07, 6.45) is 18.9. The summed E-state index contributed by atoms with van der Waals surface area (Å²) >= 11 is 1.55. The minimum atomic E-state index is -1.14. The zero-order valence-corrected chi connectivity index (χ0v) is 30.4. The first-order valence-corrected chi connectivity index (χ1v) is 20.1. The van der Waals surface area contributed by atoms with E-state index in [9.17, 15) is 15.3 Å². The highest BCUT2D eigenvalue weighted by atomic mass is 32.2. The topological polar surface area (TPSA) is 79.2 Å². The molecule has 1 saturated heterocycles. The highest BCUT2D eigenvalue weighted by Gasteiger charge is 2.59. The highest BCUT2D eigenvalue weighted by molar-refractivity contribution is 7.99. The van der Waals surface area contributed by atoms with Crippen molar-refractivity contribution in [3.05, 3.63) is 11.6 Å². The second-order valence-electron chi connectivity index (χ2n) is 17.0. The minimum Gasteiger partial charge on any atom is -0.388 e. The van der Waals surface area contributed by atoms with Gasteiger partial charge in [-0.15, -0.1) is 11.8 Å². The van der Waals surface area contributed by atoms with E-state index in [4.69, 9.17) is 9.47 Å². The predicted molar refractivity (Wildman–Crippen MR) is 186 cm³/mol. The van der Waals surface area contributed by atoms with Crippen LogP contribution in [0.3, 0.4) is 0 Å². The Kier molecular flexibility index (Phi) is 12.6. The normalized spacial score (nSPS) is 43.8. The first kappa shape index (κ1) is 36.2. The Labute approximate surface area is 280 Å². The summed E-state index contributed by atoms with van der Waals surface area (Å²) in [7, 11) is 0. The third kappa shape index (κ3) is 7.88. The lowest BCUT2D eigenvalue weighted by Crippen LogP contribution is -2.55. The summed E-state index contributed by atoms with van der Waals surface area (Å²) < 4.78 is 12.2. The van der Waals surface area contributed by atoms with Crippen LogP contribution in [0.5, 0.6) is 0 Å². The Hall–Kier alpha value is -0.110. The summed E-state index contributed by atoms with van der Waals surface area (Å²) in [6, 6.07) is 0. The molecule has 0 amide bonds. The number of unbranched alkanes of at least 4 members (excludes halogenated alkanes) is 3. The molecule has 3 unspecified atom stereocenters. The van der Waals surface area contributed by atoms with E-state index < -0.39 is 29.9 Å². The van der Waals surface area contributed by atoms with Crippen LogP contribution < -0.4 is 0 Å². The number of hydrogen-bond acceptors (Lipinski definition) is 6. The average molecular weight is 649 g/mol. The van der Waals surface area contributed by atoms with Gasteiger partial charge in [-0.2, -0.15) is 0 Å². The molecule has 0 aromatic heterocycles. The summed E-state index contributed by atoms with van der Waals surface area (Å²) in [5.41, 5.74) is 2.22. The lowest BCUT2D eigenvalue weighted by Gasteiger charge is -2.58.